The molecule has 8 heteroatoms. The predicted octanol–water partition coefficient (Wildman–Crippen LogP) is 0.615. The fourth-order valence-electron chi connectivity index (χ4n) is 3.82. The molecule has 5 rings (SSSR count). The van der Waals surface area contributed by atoms with E-state index in [4.69, 9.17) is 0 Å². The molecule has 1 fully saturated rings. The molecule has 0 unspecified atom stereocenters. The topological polar surface area (TPSA) is 81.2 Å². The Balaban J connectivity index is 1.34. The van der Waals surface area contributed by atoms with Gasteiger partial charge in [0.2, 0.25) is 0 Å². The summed E-state index contributed by atoms with van der Waals surface area (Å²) in [4.78, 5) is 23.0. The summed E-state index contributed by atoms with van der Waals surface area (Å²) in [7, 11) is 0. The van der Waals surface area contributed by atoms with Gasteiger partial charge in [0.05, 0.1) is 12.2 Å². The van der Waals surface area contributed by atoms with Crippen LogP contribution in [-0.2, 0) is 19.4 Å². The van der Waals surface area contributed by atoms with Gasteiger partial charge >= 0.3 is 0 Å². The summed E-state index contributed by atoms with van der Waals surface area (Å²) in [5.74, 6) is 2.04. The Morgan fingerprint density at radius 1 is 1.24 bits per heavy atom. The molecule has 1 aliphatic heterocycles. The molecule has 1 saturated heterocycles. The number of hydrogen-bond acceptors (Lipinski definition) is 6. The second-order valence-corrected chi connectivity index (χ2v) is 6.99. The van der Waals surface area contributed by atoms with E-state index in [0.29, 0.717) is 18.2 Å². The van der Waals surface area contributed by atoms with Crippen LogP contribution in [0.4, 0.5) is 5.82 Å². The highest BCUT2D eigenvalue weighted by atomic mass is 16.1. The fourth-order valence-corrected chi connectivity index (χ4v) is 3.82. The van der Waals surface area contributed by atoms with Crippen molar-refractivity contribution >= 4 is 11.6 Å². The van der Waals surface area contributed by atoms with Crippen LogP contribution >= 0.6 is 0 Å². The summed E-state index contributed by atoms with van der Waals surface area (Å²) in [6.07, 6.45) is 4.62. The molecule has 0 bridgehead atoms. The molecule has 2 aliphatic rings. The van der Waals surface area contributed by atoms with E-state index in [1.54, 1.807) is 15.3 Å². The van der Waals surface area contributed by atoms with Crippen molar-refractivity contribution in [3.8, 4) is 0 Å². The largest absolute Gasteiger partial charge is 0.356 e. The van der Waals surface area contributed by atoms with Crippen molar-refractivity contribution in [1.29, 1.82) is 0 Å². The second kappa shape index (κ2) is 5.37. The number of hydrogen-bond donors (Lipinski definition) is 0. The molecule has 0 atom stereocenters. The van der Waals surface area contributed by atoms with Gasteiger partial charge in [0.15, 0.2) is 0 Å². The molecule has 1 aliphatic carbocycles. The van der Waals surface area contributed by atoms with E-state index < -0.39 is 0 Å². The van der Waals surface area contributed by atoms with Crippen LogP contribution in [0.3, 0.4) is 0 Å². The molecule has 128 valence electrons. The highest BCUT2D eigenvalue weighted by Gasteiger charge is 2.30. The molecule has 0 aromatic carbocycles. The van der Waals surface area contributed by atoms with Crippen LogP contribution in [0.25, 0.3) is 5.78 Å². The number of fused-ring (bicyclic) bond motifs is 2. The maximum Gasteiger partial charge on any atom is 0.267 e. The first-order valence-electron chi connectivity index (χ1n) is 8.69. The molecule has 3 aromatic rings. The maximum atomic E-state index is 12.2. The quantitative estimate of drug-likeness (QED) is 0.697. The van der Waals surface area contributed by atoms with E-state index in [1.165, 1.54) is 6.33 Å². The number of rotatable bonds is 3. The molecular formula is C17H19N7O. The molecule has 0 saturated carbocycles. The first-order valence-corrected chi connectivity index (χ1v) is 8.69. The number of nitrogens with zero attached hydrogens (tertiary/aromatic N) is 7. The summed E-state index contributed by atoms with van der Waals surface area (Å²) in [5, 5.41) is 8.84. The average Bonchev–Trinajstić information content (AvgIpc) is 3.18. The smallest absolute Gasteiger partial charge is 0.267 e. The number of aromatic nitrogens is 6. The van der Waals surface area contributed by atoms with Gasteiger partial charge in [-0.05, 0) is 31.7 Å². The van der Waals surface area contributed by atoms with Crippen molar-refractivity contribution in [2.45, 2.75) is 32.7 Å². The Labute approximate surface area is 144 Å². The molecule has 0 spiro atoms. The number of aryl methyl sites for hydroxylation is 3. The van der Waals surface area contributed by atoms with Gasteiger partial charge in [-0.15, -0.1) is 0 Å². The van der Waals surface area contributed by atoms with Crippen molar-refractivity contribution in [2.75, 3.05) is 18.0 Å². The summed E-state index contributed by atoms with van der Waals surface area (Å²) in [6, 6.07) is 3.80. The van der Waals surface area contributed by atoms with Crippen molar-refractivity contribution in [2.24, 2.45) is 5.92 Å². The van der Waals surface area contributed by atoms with E-state index >= 15 is 0 Å². The van der Waals surface area contributed by atoms with E-state index in [9.17, 15) is 4.79 Å². The van der Waals surface area contributed by atoms with Crippen LogP contribution < -0.4 is 10.5 Å². The molecule has 0 N–H and O–H groups in total. The Kier molecular flexibility index (Phi) is 3.13. The molecule has 3 aromatic heterocycles. The average molecular weight is 337 g/mol. The summed E-state index contributed by atoms with van der Waals surface area (Å²) < 4.78 is 3.41. The van der Waals surface area contributed by atoms with E-state index in [0.717, 1.165) is 55.1 Å². The Bertz CT molecular complexity index is 1020. The predicted molar refractivity (Wildman–Crippen MR) is 91.7 cm³/mol. The minimum absolute atomic E-state index is 0.0255. The van der Waals surface area contributed by atoms with Crippen LogP contribution in [0.15, 0.2) is 23.3 Å². The lowest BCUT2D eigenvalue weighted by Crippen LogP contribution is -2.50. The van der Waals surface area contributed by atoms with Gasteiger partial charge in [-0.25, -0.2) is 9.67 Å². The first-order chi connectivity index (χ1) is 12.2. The summed E-state index contributed by atoms with van der Waals surface area (Å²) in [5.41, 5.74) is 3.19. The standard InChI is InChI=1S/C17H19N7O/c1-11-5-15(24-17(20-11)18-10-19-24)22-7-12(8-22)9-23-16(25)6-13-3-2-4-14(13)21-23/h5-6,10,12H,2-4,7-9H2,1H3. The first kappa shape index (κ1) is 14.6. The monoisotopic (exact) mass is 337 g/mol. The Morgan fingerprint density at radius 3 is 3.00 bits per heavy atom. The van der Waals surface area contributed by atoms with Crippen molar-refractivity contribution in [3.63, 3.8) is 0 Å². The zero-order chi connectivity index (χ0) is 17.0. The van der Waals surface area contributed by atoms with Crippen molar-refractivity contribution in [3.05, 3.63) is 45.8 Å². The molecule has 4 heterocycles. The van der Waals surface area contributed by atoms with Crippen molar-refractivity contribution in [1.82, 2.24) is 29.4 Å². The van der Waals surface area contributed by atoms with Gasteiger partial charge < -0.3 is 4.90 Å². The van der Waals surface area contributed by atoms with Gasteiger partial charge in [0, 0.05) is 36.8 Å². The lowest BCUT2D eigenvalue weighted by atomic mass is 10.0. The van der Waals surface area contributed by atoms with Crippen LogP contribution in [-0.4, -0.2) is 42.5 Å². The van der Waals surface area contributed by atoms with Crippen molar-refractivity contribution < 1.29 is 0 Å². The lowest BCUT2D eigenvalue weighted by Gasteiger charge is -2.40. The van der Waals surface area contributed by atoms with Crippen LogP contribution in [0, 0.1) is 12.8 Å². The minimum Gasteiger partial charge on any atom is -0.356 e. The molecule has 0 amide bonds. The second-order valence-electron chi connectivity index (χ2n) is 6.99. The van der Waals surface area contributed by atoms with E-state index in [-0.39, 0.29) is 5.56 Å². The summed E-state index contributed by atoms with van der Waals surface area (Å²) >= 11 is 0. The molecule has 25 heavy (non-hydrogen) atoms. The van der Waals surface area contributed by atoms with Crippen LogP contribution in [0.1, 0.15) is 23.4 Å². The molecular weight excluding hydrogens is 318 g/mol. The van der Waals surface area contributed by atoms with Gasteiger partial charge in [-0.3, -0.25) is 4.79 Å². The highest BCUT2D eigenvalue weighted by Crippen LogP contribution is 2.26. The SMILES string of the molecule is Cc1cc(N2CC(Cn3nc4c(cc3=O)CCC4)C2)n2ncnc2n1. The summed E-state index contributed by atoms with van der Waals surface area (Å²) in [6.45, 7) is 4.39. The highest BCUT2D eigenvalue weighted by molar-refractivity contribution is 5.49. The van der Waals surface area contributed by atoms with E-state index in [1.807, 2.05) is 13.0 Å². The third kappa shape index (κ3) is 2.40. The normalized spacial score (nSPS) is 17.1. The van der Waals surface area contributed by atoms with Crippen LogP contribution in [0.5, 0.6) is 0 Å². The fraction of sp³-hybridized carbons (Fsp3) is 0.471. The zero-order valence-corrected chi connectivity index (χ0v) is 14.1. The molecule has 8 nitrogen and oxygen atoms in total. The van der Waals surface area contributed by atoms with Gasteiger partial charge in [0.25, 0.3) is 11.3 Å². The zero-order valence-electron chi connectivity index (χ0n) is 14.1. The van der Waals surface area contributed by atoms with Crippen LogP contribution in [0.2, 0.25) is 0 Å². The van der Waals surface area contributed by atoms with E-state index in [2.05, 4.69) is 25.1 Å². The minimum atomic E-state index is 0.0255. The Hall–Kier alpha value is -2.77. The number of anilines is 1. The maximum absolute atomic E-state index is 12.2. The van der Waals surface area contributed by atoms with Gasteiger partial charge in [-0.1, -0.05) is 0 Å². The van der Waals surface area contributed by atoms with Gasteiger partial charge in [0.1, 0.15) is 12.1 Å². The third-order valence-electron chi connectivity index (χ3n) is 5.10. The lowest BCUT2D eigenvalue weighted by molar-refractivity contribution is 0.330. The Morgan fingerprint density at radius 2 is 2.12 bits per heavy atom. The van der Waals surface area contributed by atoms with Gasteiger partial charge in [-0.2, -0.15) is 19.7 Å². The molecule has 0 radical (unpaired) electrons. The third-order valence-corrected chi connectivity index (χ3v) is 5.10.